The predicted octanol–water partition coefficient (Wildman–Crippen LogP) is 3.91. The second-order valence-electron chi connectivity index (χ2n) is 4.17. The van der Waals surface area contributed by atoms with Gasteiger partial charge >= 0.3 is 6.18 Å². The van der Waals surface area contributed by atoms with E-state index in [1.54, 1.807) is 6.07 Å². The van der Waals surface area contributed by atoms with Gasteiger partial charge in [-0.1, -0.05) is 13.8 Å². The lowest BCUT2D eigenvalue weighted by molar-refractivity contribution is -0.137. The Morgan fingerprint density at radius 3 is 2.25 bits per heavy atom. The molecule has 1 rings (SSSR count). The van der Waals surface area contributed by atoms with E-state index in [9.17, 15) is 13.2 Å². The molecule has 0 N–H and O–H groups in total. The summed E-state index contributed by atoms with van der Waals surface area (Å²) in [6.45, 7) is 3.93. The third-order valence-electron chi connectivity index (χ3n) is 2.17. The zero-order chi connectivity index (χ0) is 12.3. The van der Waals surface area contributed by atoms with Gasteiger partial charge in [-0.25, -0.2) is 0 Å². The van der Waals surface area contributed by atoms with Gasteiger partial charge in [0, 0.05) is 0 Å². The van der Waals surface area contributed by atoms with Crippen LogP contribution in [0.4, 0.5) is 13.2 Å². The normalized spacial score (nSPS) is 11.9. The van der Waals surface area contributed by atoms with Crippen LogP contribution >= 0.6 is 0 Å². The average molecular weight is 232 g/mol. The number of hydrogen-bond donors (Lipinski definition) is 0. The van der Waals surface area contributed by atoms with E-state index in [2.05, 4.69) is 0 Å². The molecule has 0 aromatic heterocycles. The van der Waals surface area contributed by atoms with E-state index < -0.39 is 11.7 Å². The zero-order valence-electron chi connectivity index (χ0n) is 9.56. The van der Waals surface area contributed by atoms with Crippen molar-refractivity contribution in [3.05, 3.63) is 29.3 Å². The van der Waals surface area contributed by atoms with E-state index in [1.807, 2.05) is 13.8 Å². The molecule has 16 heavy (non-hydrogen) atoms. The van der Waals surface area contributed by atoms with Crippen molar-refractivity contribution in [2.75, 3.05) is 7.11 Å². The third kappa shape index (κ3) is 3.43. The maximum absolute atomic E-state index is 12.6. The lowest BCUT2D eigenvalue weighted by Gasteiger charge is -2.12. The van der Waals surface area contributed by atoms with Crippen molar-refractivity contribution in [1.29, 1.82) is 0 Å². The van der Waals surface area contributed by atoms with E-state index in [0.29, 0.717) is 17.9 Å². The summed E-state index contributed by atoms with van der Waals surface area (Å²) >= 11 is 0. The van der Waals surface area contributed by atoms with Crippen LogP contribution in [0.2, 0.25) is 0 Å². The number of halogens is 3. The molecule has 4 heteroatoms. The number of ether oxygens (including phenoxy) is 1. The van der Waals surface area contributed by atoms with Crippen LogP contribution in [0.15, 0.2) is 18.2 Å². The van der Waals surface area contributed by atoms with Gasteiger partial charge in [-0.05, 0) is 36.1 Å². The first-order valence-corrected chi connectivity index (χ1v) is 5.08. The van der Waals surface area contributed by atoms with Crippen LogP contribution in [0.5, 0.6) is 5.75 Å². The molecule has 0 spiro atoms. The Labute approximate surface area is 93.2 Å². The van der Waals surface area contributed by atoms with E-state index in [1.165, 1.54) is 13.2 Å². The molecular formula is C12H15F3O. The van der Waals surface area contributed by atoms with Crippen LogP contribution in [0.3, 0.4) is 0 Å². The predicted molar refractivity (Wildman–Crippen MR) is 56.5 cm³/mol. The summed E-state index contributed by atoms with van der Waals surface area (Å²) in [6.07, 6.45) is -3.71. The highest BCUT2D eigenvalue weighted by Gasteiger charge is 2.31. The Balaban J connectivity index is 3.11. The summed E-state index contributed by atoms with van der Waals surface area (Å²) < 4.78 is 42.6. The highest BCUT2D eigenvalue weighted by Crippen LogP contribution is 2.33. The van der Waals surface area contributed by atoms with E-state index >= 15 is 0 Å². The number of rotatable bonds is 3. The van der Waals surface area contributed by atoms with Gasteiger partial charge in [0.1, 0.15) is 5.75 Å². The monoisotopic (exact) mass is 232 g/mol. The van der Waals surface area contributed by atoms with Crippen LogP contribution in [0.25, 0.3) is 0 Å². The first-order valence-electron chi connectivity index (χ1n) is 5.08. The standard InChI is InChI=1S/C12H15F3O/c1-8(2)4-9-5-10(12(13,14)15)7-11(6-9)16-3/h5-8H,4H2,1-3H3. The van der Waals surface area contributed by atoms with E-state index in [-0.39, 0.29) is 5.75 Å². The Bertz CT molecular complexity index is 356. The van der Waals surface area contributed by atoms with E-state index in [0.717, 1.165) is 6.07 Å². The highest BCUT2D eigenvalue weighted by atomic mass is 19.4. The lowest BCUT2D eigenvalue weighted by atomic mass is 10.0. The maximum atomic E-state index is 12.6. The fraction of sp³-hybridized carbons (Fsp3) is 0.500. The molecule has 1 aromatic carbocycles. The van der Waals surface area contributed by atoms with Gasteiger partial charge in [-0.2, -0.15) is 13.2 Å². The summed E-state index contributed by atoms with van der Waals surface area (Å²) in [5.74, 6) is 0.568. The van der Waals surface area contributed by atoms with Crippen molar-refractivity contribution < 1.29 is 17.9 Å². The molecule has 90 valence electrons. The van der Waals surface area contributed by atoms with Crippen molar-refractivity contribution in [2.45, 2.75) is 26.4 Å². The SMILES string of the molecule is COc1cc(CC(C)C)cc(C(F)(F)F)c1. The molecule has 1 aromatic rings. The van der Waals surface area contributed by atoms with Gasteiger partial charge < -0.3 is 4.74 Å². The van der Waals surface area contributed by atoms with Gasteiger partial charge in [0.25, 0.3) is 0 Å². The molecular weight excluding hydrogens is 217 g/mol. The molecule has 0 radical (unpaired) electrons. The first kappa shape index (κ1) is 12.9. The summed E-state index contributed by atoms with van der Waals surface area (Å²) in [5, 5.41) is 0. The summed E-state index contributed by atoms with van der Waals surface area (Å²) in [7, 11) is 1.37. The molecule has 0 aliphatic carbocycles. The van der Waals surface area contributed by atoms with Gasteiger partial charge in [0.15, 0.2) is 0 Å². The lowest BCUT2D eigenvalue weighted by Crippen LogP contribution is -2.07. The van der Waals surface area contributed by atoms with Gasteiger partial charge in [0.2, 0.25) is 0 Å². The molecule has 0 heterocycles. The number of hydrogen-bond acceptors (Lipinski definition) is 1. The summed E-state index contributed by atoms with van der Waals surface area (Å²) in [5.41, 5.74) is 0.00387. The first-order chi connectivity index (χ1) is 7.32. The molecule has 0 aliphatic rings. The smallest absolute Gasteiger partial charge is 0.416 e. The summed E-state index contributed by atoms with van der Waals surface area (Å²) in [6, 6.07) is 3.85. The average Bonchev–Trinajstić information content (AvgIpc) is 2.14. The summed E-state index contributed by atoms with van der Waals surface area (Å²) in [4.78, 5) is 0. The van der Waals surface area contributed by atoms with Crippen LogP contribution < -0.4 is 4.74 Å². The fourth-order valence-electron chi connectivity index (χ4n) is 1.53. The molecule has 0 amide bonds. The Hall–Kier alpha value is -1.19. The number of benzene rings is 1. The second-order valence-corrected chi connectivity index (χ2v) is 4.17. The van der Waals surface area contributed by atoms with Crippen LogP contribution in [-0.2, 0) is 12.6 Å². The number of alkyl halides is 3. The van der Waals surface area contributed by atoms with Crippen molar-refractivity contribution in [3.8, 4) is 5.75 Å². The minimum absolute atomic E-state index is 0.255. The largest absolute Gasteiger partial charge is 0.497 e. The number of methoxy groups -OCH3 is 1. The molecule has 0 aliphatic heterocycles. The van der Waals surface area contributed by atoms with Gasteiger partial charge in [-0.15, -0.1) is 0 Å². The Morgan fingerprint density at radius 2 is 1.81 bits per heavy atom. The van der Waals surface area contributed by atoms with E-state index in [4.69, 9.17) is 4.74 Å². The minimum Gasteiger partial charge on any atom is -0.497 e. The minimum atomic E-state index is -4.32. The topological polar surface area (TPSA) is 9.23 Å². The molecule has 0 atom stereocenters. The van der Waals surface area contributed by atoms with Crippen LogP contribution in [0, 0.1) is 5.92 Å². The van der Waals surface area contributed by atoms with Crippen molar-refractivity contribution >= 4 is 0 Å². The Kier molecular flexibility index (Phi) is 3.83. The van der Waals surface area contributed by atoms with Gasteiger partial charge in [0.05, 0.1) is 12.7 Å². The fourth-order valence-corrected chi connectivity index (χ4v) is 1.53. The molecule has 1 nitrogen and oxygen atoms in total. The van der Waals surface area contributed by atoms with Gasteiger partial charge in [-0.3, -0.25) is 0 Å². The molecule has 0 saturated carbocycles. The molecule has 0 fully saturated rings. The van der Waals surface area contributed by atoms with Crippen molar-refractivity contribution in [2.24, 2.45) is 5.92 Å². The Morgan fingerprint density at radius 1 is 1.19 bits per heavy atom. The molecule has 0 saturated heterocycles. The second kappa shape index (κ2) is 4.76. The van der Waals surface area contributed by atoms with Crippen LogP contribution in [0.1, 0.15) is 25.0 Å². The highest BCUT2D eigenvalue weighted by molar-refractivity contribution is 5.36. The third-order valence-corrected chi connectivity index (χ3v) is 2.17. The van der Waals surface area contributed by atoms with Crippen molar-refractivity contribution in [3.63, 3.8) is 0 Å². The maximum Gasteiger partial charge on any atom is 0.416 e. The zero-order valence-corrected chi connectivity index (χ0v) is 9.56. The van der Waals surface area contributed by atoms with Crippen molar-refractivity contribution in [1.82, 2.24) is 0 Å². The molecule has 0 unspecified atom stereocenters. The van der Waals surface area contributed by atoms with Crippen LogP contribution in [-0.4, -0.2) is 7.11 Å². The quantitative estimate of drug-likeness (QED) is 0.767. The molecule has 0 bridgehead atoms.